The van der Waals surface area contributed by atoms with E-state index in [-0.39, 0.29) is 11.7 Å². The number of piperidine rings is 1. The molecule has 9 nitrogen and oxygen atoms in total. The highest BCUT2D eigenvalue weighted by molar-refractivity contribution is 5.93. The molecule has 2 N–H and O–H groups in total. The molecule has 1 aliphatic heterocycles. The second-order valence-corrected chi connectivity index (χ2v) is 8.05. The van der Waals surface area contributed by atoms with Gasteiger partial charge in [0.2, 0.25) is 11.8 Å². The smallest absolute Gasteiger partial charge is 0.222 e. The van der Waals surface area contributed by atoms with Crippen LogP contribution in [0.3, 0.4) is 0 Å². The molecular formula is C23H27N5O4. The average Bonchev–Trinajstić information content (AvgIpc) is 3.51. The van der Waals surface area contributed by atoms with Crippen molar-refractivity contribution >= 4 is 11.7 Å². The van der Waals surface area contributed by atoms with Gasteiger partial charge < -0.3 is 19.6 Å². The highest BCUT2D eigenvalue weighted by atomic mass is 16.5. The Labute approximate surface area is 186 Å². The molecule has 1 fully saturated rings. The van der Waals surface area contributed by atoms with Gasteiger partial charge in [0.15, 0.2) is 5.78 Å². The van der Waals surface area contributed by atoms with Crippen LogP contribution in [-0.2, 0) is 10.3 Å². The van der Waals surface area contributed by atoms with E-state index < -0.39 is 5.54 Å². The SMILES string of the molecule is COc1ncccc1-c1c[nH]c([C@]2(CCCCCC(=O)c3ccon3)CCCC(=O)N2)n1. The number of carbonyl (C=O) groups excluding carboxylic acids is 2. The first-order chi connectivity index (χ1) is 15.6. The molecule has 0 bridgehead atoms. The second kappa shape index (κ2) is 9.76. The van der Waals surface area contributed by atoms with Crippen LogP contribution in [0.5, 0.6) is 5.88 Å². The lowest BCUT2D eigenvalue weighted by Gasteiger charge is -2.36. The number of Topliss-reactive ketones (excluding diaryl/α,β-unsaturated/α-hetero) is 1. The summed E-state index contributed by atoms with van der Waals surface area (Å²) in [6.07, 6.45) is 10.7. The summed E-state index contributed by atoms with van der Waals surface area (Å²) < 4.78 is 10.1. The van der Waals surface area contributed by atoms with Gasteiger partial charge in [-0.25, -0.2) is 9.97 Å². The normalized spacial score (nSPS) is 18.3. The minimum Gasteiger partial charge on any atom is -0.481 e. The highest BCUT2D eigenvalue weighted by Crippen LogP contribution is 2.36. The van der Waals surface area contributed by atoms with Crippen molar-refractivity contribution in [3.63, 3.8) is 0 Å². The number of aromatic nitrogens is 4. The van der Waals surface area contributed by atoms with E-state index in [2.05, 4.69) is 20.4 Å². The van der Waals surface area contributed by atoms with Gasteiger partial charge in [-0.05, 0) is 37.8 Å². The Morgan fingerprint density at radius 3 is 2.97 bits per heavy atom. The molecule has 0 spiro atoms. The number of carbonyl (C=O) groups is 2. The van der Waals surface area contributed by atoms with Crippen LogP contribution in [0.1, 0.15) is 67.7 Å². The van der Waals surface area contributed by atoms with E-state index >= 15 is 0 Å². The number of nitrogens with one attached hydrogen (secondary N) is 2. The molecular weight excluding hydrogens is 410 g/mol. The summed E-state index contributed by atoms with van der Waals surface area (Å²) in [5.41, 5.74) is 1.34. The van der Waals surface area contributed by atoms with Crippen molar-refractivity contribution in [2.45, 2.75) is 56.9 Å². The van der Waals surface area contributed by atoms with Gasteiger partial charge in [0.25, 0.3) is 0 Å². The zero-order valence-electron chi connectivity index (χ0n) is 18.1. The van der Waals surface area contributed by atoms with E-state index in [9.17, 15) is 9.59 Å². The Morgan fingerprint density at radius 2 is 2.19 bits per heavy atom. The Bertz CT molecular complexity index is 1060. The molecule has 3 aromatic heterocycles. The zero-order valence-corrected chi connectivity index (χ0v) is 18.1. The standard InChI is InChI=1S/C23H27N5O4/c1-31-21-16(7-6-13-24-21)18-15-25-22(26-18)23(12-5-9-20(30)27-23)11-4-2-3-8-19(29)17-10-14-32-28-17/h6-7,10,13-15H,2-5,8-9,11-12H2,1H3,(H,25,26)(H,27,30)/t23-/m0/s1. The van der Waals surface area contributed by atoms with E-state index in [1.807, 2.05) is 18.3 Å². The lowest BCUT2D eigenvalue weighted by molar-refractivity contribution is -0.125. The topological polar surface area (TPSA) is 123 Å². The van der Waals surface area contributed by atoms with Crippen LogP contribution in [-0.4, -0.2) is 38.9 Å². The third-order valence-corrected chi connectivity index (χ3v) is 5.89. The number of methoxy groups -OCH3 is 1. The summed E-state index contributed by atoms with van der Waals surface area (Å²) >= 11 is 0. The van der Waals surface area contributed by atoms with Crippen LogP contribution in [0.2, 0.25) is 0 Å². The number of nitrogens with zero attached hydrogens (tertiary/aromatic N) is 3. The van der Waals surface area contributed by atoms with Crippen LogP contribution in [0.15, 0.2) is 41.4 Å². The van der Waals surface area contributed by atoms with Crippen molar-refractivity contribution < 1.29 is 18.8 Å². The molecule has 32 heavy (non-hydrogen) atoms. The largest absolute Gasteiger partial charge is 0.481 e. The third-order valence-electron chi connectivity index (χ3n) is 5.89. The van der Waals surface area contributed by atoms with Gasteiger partial charge in [0.1, 0.15) is 17.8 Å². The summed E-state index contributed by atoms with van der Waals surface area (Å²) in [5, 5.41) is 6.88. The molecule has 1 aliphatic rings. The highest BCUT2D eigenvalue weighted by Gasteiger charge is 2.39. The fourth-order valence-electron chi connectivity index (χ4n) is 4.25. The van der Waals surface area contributed by atoms with Crippen molar-refractivity contribution in [3.05, 3.63) is 48.4 Å². The molecule has 0 aliphatic carbocycles. The van der Waals surface area contributed by atoms with Crippen LogP contribution < -0.4 is 10.1 Å². The van der Waals surface area contributed by atoms with Crippen LogP contribution in [0.25, 0.3) is 11.3 Å². The Hall–Kier alpha value is -3.49. The van der Waals surface area contributed by atoms with Crippen LogP contribution in [0, 0.1) is 0 Å². The maximum Gasteiger partial charge on any atom is 0.222 e. The quantitative estimate of drug-likeness (QED) is 0.365. The number of hydrogen-bond donors (Lipinski definition) is 2. The molecule has 0 radical (unpaired) electrons. The predicted molar refractivity (Wildman–Crippen MR) is 116 cm³/mol. The van der Waals surface area contributed by atoms with Gasteiger partial charge >= 0.3 is 0 Å². The van der Waals surface area contributed by atoms with Crippen molar-refractivity contribution in [1.82, 2.24) is 25.4 Å². The fourth-order valence-corrected chi connectivity index (χ4v) is 4.25. The number of imidazole rings is 1. The van der Waals surface area contributed by atoms with Crippen LogP contribution >= 0.6 is 0 Å². The number of amides is 1. The number of H-pyrrole nitrogens is 1. The minimum atomic E-state index is -0.543. The van der Waals surface area contributed by atoms with Gasteiger partial charge in [0.05, 0.1) is 23.9 Å². The fraction of sp³-hybridized carbons (Fsp3) is 0.435. The summed E-state index contributed by atoms with van der Waals surface area (Å²) in [5.74, 6) is 1.27. The Balaban J connectivity index is 1.43. The number of unbranched alkanes of at least 4 members (excludes halogenated alkanes) is 2. The molecule has 3 aromatic rings. The van der Waals surface area contributed by atoms with Crippen molar-refractivity contribution in [3.8, 4) is 17.1 Å². The average molecular weight is 438 g/mol. The van der Waals surface area contributed by atoms with E-state index in [0.29, 0.717) is 24.4 Å². The van der Waals surface area contributed by atoms with Crippen molar-refractivity contribution in [2.24, 2.45) is 0 Å². The van der Waals surface area contributed by atoms with Gasteiger partial charge in [-0.3, -0.25) is 9.59 Å². The second-order valence-electron chi connectivity index (χ2n) is 8.05. The van der Waals surface area contributed by atoms with E-state index in [0.717, 1.165) is 55.6 Å². The Kier molecular flexibility index (Phi) is 6.63. The predicted octanol–water partition coefficient (Wildman–Crippen LogP) is 3.80. The molecule has 1 atom stereocenters. The molecule has 1 amide bonds. The number of hydrogen-bond acceptors (Lipinski definition) is 7. The summed E-state index contributed by atoms with van der Waals surface area (Å²) in [6.45, 7) is 0. The minimum absolute atomic E-state index is 0.0134. The van der Waals surface area contributed by atoms with Crippen molar-refractivity contribution in [2.75, 3.05) is 7.11 Å². The van der Waals surface area contributed by atoms with E-state index in [1.54, 1.807) is 19.4 Å². The number of pyridine rings is 1. The maximum atomic E-state index is 12.3. The zero-order chi connectivity index (χ0) is 22.4. The lowest BCUT2D eigenvalue weighted by atomic mass is 9.83. The molecule has 9 heteroatoms. The molecule has 0 aromatic carbocycles. The molecule has 168 valence electrons. The summed E-state index contributed by atoms with van der Waals surface area (Å²) in [7, 11) is 1.58. The molecule has 0 saturated carbocycles. The number of aromatic amines is 1. The summed E-state index contributed by atoms with van der Waals surface area (Å²) in [4.78, 5) is 36.7. The first-order valence-corrected chi connectivity index (χ1v) is 10.9. The molecule has 0 unspecified atom stereocenters. The molecule has 4 rings (SSSR count). The van der Waals surface area contributed by atoms with Gasteiger partial charge in [-0.2, -0.15) is 0 Å². The Morgan fingerprint density at radius 1 is 1.28 bits per heavy atom. The third kappa shape index (κ3) is 4.71. The van der Waals surface area contributed by atoms with E-state index in [1.165, 1.54) is 6.26 Å². The first-order valence-electron chi connectivity index (χ1n) is 10.9. The van der Waals surface area contributed by atoms with Gasteiger partial charge in [-0.1, -0.05) is 18.0 Å². The number of ketones is 1. The number of rotatable bonds is 10. The van der Waals surface area contributed by atoms with Gasteiger partial charge in [-0.15, -0.1) is 0 Å². The van der Waals surface area contributed by atoms with Crippen LogP contribution in [0.4, 0.5) is 0 Å². The van der Waals surface area contributed by atoms with E-state index in [4.69, 9.17) is 14.2 Å². The first kappa shape index (κ1) is 21.7. The molecule has 1 saturated heterocycles. The summed E-state index contributed by atoms with van der Waals surface area (Å²) in [6, 6.07) is 5.33. The lowest BCUT2D eigenvalue weighted by Crippen LogP contribution is -2.49. The molecule has 4 heterocycles. The monoisotopic (exact) mass is 437 g/mol. The maximum absolute atomic E-state index is 12.3. The number of ether oxygens (including phenoxy) is 1. The van der Waals surface area contributed by atoms with Gasteiger partial charge in [0, 0.05) is 31.3 Å². The van der Waals surface area contributed by atoms with Crippen molar-refractivity contribution in [1.29, 1.82) is 0 Å².